The van der Waals surface area contributed by atoms with Gasteiger partial charge in [-0.25, -0.2) is 23.9 Å². The number of fused-ring (bicyclic) bond motifs is 2. The molecule has 2 N–H and O–H groups in total. The van der Waals surface area contributed by atoms with E-state index in [9.17, 15) is 18.8 Å². The van der Waals surface area contributed by atoms with E-state index in [1.54, 1.807) is 36.4 Å². The van der Waals surface area contributed by atoms with Gasteiger partial charge in [0.25, 0.3) is 5.91 Å². The van der Waals surface area contributed by atoms with Crippen LogP contribution in [-0.2, 0) is 11.7 Å². The first-order valence-corrected chi connectivity index (χ1v) is 15.1. The summed E-state index contributed by atoms with van der Waals surface area (Å²) in [5.74, 6) is 1.25. The lowest BCUT2D eigenvalue weighted by Gasteiger charge is -2.19. The van der Waals surface area contributed by atoms with Crippen molar-refractivity contribution in [1.29, 1.82) is 0 Å². The number of nitrogens with zero attached hydrogens (tertiary/aromatic N) is 5. The largest absolute Gasteiger partial charge is 0.486 e. The molecule has 3 atom stereocenters. The zero-order chi connectivity index (χ0) is 34.4. The molecule has 2 aliphatic heterocycles. The number of halogens is 1. The molecule has 1 saturated carbocycles. The highest BCUT2D eigenvalue weighted by Crippen LogP contribution is 2.36. The van der Waals surface area contributed by atoms with Crippen LogP contribution in [0.25, 0.3) is 22.3 Å². The smallest absolute Gasteiger partial charge is 0.407 e. The van der Waals surface area contributed by atoms with Crippen molar-refractivity contribution in [3.8, 4) is 22.8 Å². The molecule has 5 heterocycles. The first-order valence-electron chi connectivity index (χ1n) is 16.6. The number of amides is 2. The van der Waals surface area contributed by atoms with E-state index in [1.165, 1.54) is 22.8 Å². The molecule has 3 aliphatic rings. The van der Waals surface area contributed by atoms with E-state index < -0.39 is 31.0 Å². The molecular weight excluding hydrogens is 597 g/mol. The number of nitrogens with one attached hydrogen (secondary N) is 2. The van der Waals surface area contributed by atoms with Gasteiger partial charge in [-0.2, -0.15) is 0 Å². The Morgan fingerprint density at radius 3 is 2.70 bits per heavy atom. The minimum atomic E-state index is -2.78. The summed E-state index contributed by atoms with van der Waals surface area (Å²) in [5.41, 5.74) is 1.08. The molecule has 240 valence electrons. The minimum Gasteiger partial charge on any atom is -0.486 e. The zero-order valence-corrected chi connectivity index (χ0v) is 25.0. The molecule has 13 nitrogen and oxygen atoms in total. The standard InChI is InChI=1S/C32H34FN7O6/c1-38-25-16-34-28(15-24(25)40(32(38)43)22-5-4-21(14-22)35-31(42)44-2)37-29-13-19(30(41)39-8-7-20(33)17-39)11-23(36-29)18-3-6-26-27(12-18)46-10-9-45-26/h3,6,11-13,15-16,20-22H,4-5,7-10,14,17H2,1-2H3,(H,35,42)(H,34,36,37)/t20-,21-,22-/m1/s1/i1D3. The molecule has 0 spiro atoms. The molecule has 4 aromatic rings. The zero-order valence-electron chi connectivity index (χ0n) is 28.0. The molecule has 7 rings (SSSR count). The van der Waals surface area contributed by atoms with Gasteiger partial charge in [0, 0.05) is 46.9 Å². The number of alkyl halides is 1. The molecule has 0 bridgehead atoms. The number of likely N-dealkylation sites (tertiary alicyclic amines) is 1. The van der Waals surface area contributed by atoms with E-state index in [0.29, 0.717) is 60.7 Å². The third kappa shape index (κ3) is 5.59. The topological polar surface area (TPSA) is 142 Å². The summed E-state index contributed by atoms with van der Waals surface area (Å²) in [7, 11) is 1.27. The van der Waals surface area contributed by atoms with Crippen molar-refractivity contribution < 1.29 is 32.3 Å². The van der Waals surface area contributed by atoms with Gasteiger partial charge in [-0.15, -0.1) is 0 Å². The first kappa shape index (κ1) is 26.1. The molecule has 2 fully saturated rings. The summed E-state index contributed by atoms with van der Waals surface area (Å²) in [6, 6.07) is 9.40. The molecule has 0 unspecified atom stereocenters. The van der Waals surface area contributed by atoms with Gasteiger partial charge >= 0.3 is 11.8 Å². The van der Waals surface area contributed by atoms with Crippen molar-refractivity contribution in [2.45, 2.75) is 43.9 Å². The predicted octanol–water partition coefficient (Wildman–Crippen LogP) is 3.95. The number of ether oxygens (including phenoxy) is 3. The number of hydrogen-bond donors (Lipinski definition) is 2. The van der Waals surface area contributed by atoms with Gasteiger partial charge in [0.15, 0.2) is 11.5 Å². The average Bonchev–Trinajstić information content (AvgIpc) is 3.80. The third-order valence-electron chi connectivity index (χ3n) is 8.62. The van der Waals surface area contributed by atoms with Crippen LogP contribution in [0.5, 0.6) is 11.5 Å². The number of aromatic nitrogens is 4. The molecular formula is C32H34FN7O6. The van der Waals surface area contributed by atoms with Gasteiger partial charge in [0.2, 0.25) is 0 Å². The number of anilines is 2. The molecule has 1 aromatic carbocycles. The SMILES string of the molecule is [2H]C([2H])([2H])n1c(=O)n([C@@H]2CC[C@@H](NC(=O)OC)C2)c2cc(Nc3cc(C(=O)N4CC[C@@H](F)C4)cc(-c4ccc5c(c4)OCCO5)n3)ncc21. The average molecular weight is 635 g/mol. The van der Waals surface area contributed by atoms with Gasteiger partial charge in [-0.3, -0.25) is 13.9 Å². The number of hydrogen-bond acceptors (Lipinski definition) is 9. The number of methoxy groups -OCH3 is 1. The van der Waals surface area contributed by atoms with E-state index in [1.807, 2.05) is 0 Å². The normalized spacial score (nSPS) is 21.8. The van der Waals surface area contributed by atoms with Gasteiger partial charge in [-0.05, 0) is 56.0 Å². The molecule has 2 amide bonds. The number of aryl methyl sites for hydroxylation is 1. The van der Waals surface area contributed by atoms with E-state index in [-0.39, 0.29) is 54.2 Å². The second-order valence-electron chi connectivity index (χ2n) is 11.6. The molecule has 3 aromatic heterocycles. The lowest BCUT2D eigenvalue weighted by Crippen LogP contribution is -2.33. The van der Waals surface area contributed by atoms with Crippen LogP contribution in [0, 0.1) is 0 Å². The summed E-state index contributed by atoms with van der Waals surface area (Å²) in [6.07, 6.45) is 1.36. The lowest BCUT2D eigenvalue weighted by molar-refractivity contribution is 0.0782. The highest BCUT2D eigenvalue weighted by atomic mass is 19.1. The fraction of sp³-hybridized carbons (Fsp3) is 0.406. The van der Waals surface area contributed by atoms with Crippen LogP contribution in [0.2, 0.25) is 0 Å². The summed E-state index contributed by atoms with van der Waals surface area (Å²) in [5, 5.41) is 5.88. The number of benzene rings is 1. The summed E-state index contributed by atoms with van der Waals surface area (Å²) in [4.78, 5) is 49.6. The van der Waals surface area contributed by atoms with Crippen molar-refractivity contribution in [1.82, 2.24) is 29.3 Å². The van der Waals surface area contributed by atoms with Gasteiger partial charge in [-0.1, -0.05) is 0 Å². The van der Waals surface area contributed by atoms with Gasteiger partial charge < -0.3 is 29.7 Å². The van der Waals surface area contributed by atoms with E-state index in [0.717, 1.165) is 4.57 Å². The maximum atomic E-state index is 14.1. The van der Waals surface area contributed by atoms with Crippen LogP contribution in [0.4, 0.5) is 20.8 Å². The van der Waals surface area contributed by atoms with E-state index >= 15 is 0 Å². The highest BCUT2D eigenvalue weighted by Gasteiger charge is 2.31. The Hall–Kier alpha value is -5.14. The van der Waals surface area contributed by atoms with Crippen molar-refractivity contribution in [2.24, 2.45) is 6.98 Å². The van der Waals surface area contributed by atoms with Crippen LogP contribution in [0.1, 0.15) is 46.2 Å². The summed E-state index contributed by atoms with van der Waals surface area (Å²) in [6.45, 7) is -1.67. The lowest BCUT2D eigenvalue weighted by atomic mass is 10.1. The van der Waals surface area contributed by atoms with E-state index in [2.05, 4.69) is 15.6 Å². The number of carbonyl (C=O) groups excluding carboxylic acids is 2. The quantitative estimate of drug-likeness (QED) is 0.323. The van der Waals surface area contributed by atoms with Crippen LogP contribution >= 0.6 is 0 Å². The van der Waals surface area contributed by atoms with Gasteiger partial charge in [0.05, 0.1) is 36.6 Å². The number of pyridine rings is 2. The van der Waals surface area contributed by atoms with Crippen LogP contribution < -0.4 is 25.8 Å². The number of imidazole rings is 1. The molecule has 1 saturated heterocycles. The van der Waals surface area contributed by atoms with Gasteiger partial charge in [0.1, 0.15) is 31.0 Å². The second kappa shape index (κ2) is 12.0. The number of rotatable bonds is 6. The Balaban J connectivity index is 1.27. The fourth-order valence-electron chi connectivity index (χ4n) is 6.37. The summed E-state index contributed by atoms with van der Waals surface area (Å²) < 4.78 is 56.5. The Kier molecular flexibility index (Phi) is 6.81. The molecule has 46 heavy (non-hydrogen) atoms. The Morgan fingerprint density at radius 2 is 1.91 bits per heavy atom. The van der Waals surface area contributed by atoms with Crippen LogP contribution in [0.3, 0.4) is 0 Å². The second-order valence-corrected chi connectivity index (χ2v) is 11.6. The van der Waals surface area contributed by atoms with E-state index in [4.69, 9.17) is 23.3 Å². The third-order valence-corrected chi connectivity index (χ3v) is 8.62. The molecule has 1 aliphatic carbocycles. The molecule has 0 radical (unpaired) electrons. The fourth-order valence-corrected chi connectivity index (χ4v) is 6.37. The monoisotopic (exact) mass is 634 g/mol. The highest BCUT2D eigenvalue weighted by molar-refractivity contribution is 5.96. The maximum Gasteiger partial charge on any atom is 0.407 e. The Labute approximate surface area is 267 Å². The van der Waals surface area contributed by atoms with Crippen molar-refractivity contribution in [3.05, 3.63) is 58.6 Å². The maximum absolute atomic E-state index is 14.1. The van der Waals surface area contributed by atoms with Crippen LogP contribution in [-0.4, -0.2) is 81.6 Å². The molecule has 14 heteroatoms. The van der Waals surface area contributed by atoms with Crippen molar-refractivity contribution in [2.75, 3.05) is 38.7 Å². The van der Waals surface area contributed by atoms with Crippen molar-refractivity contribution >= 4 is 34.7 Å². The number of alkyl carbamates (subject to hydrolysis) is 1. The Morgan fingerprint density at radius 1 is 1.07 bits per heavy atom. The van der Waals surface area contributed by atoms with Crippen LogP contribution in [0.15, 0.2) is 47.4 Å². The predicted molar refractivity (Wildman–Crippen MR) is 167 cm³/mol. The summed E-state index contributed by atoms with van der Waals surface area (Å²) >= 11 is 0. The Bertz CT molecular complexity index is 2000. The minimum absolute atomic E-state index is 0.00329. The first-order chi connectivity index (χ1) is 23.5. The number of carbonyl (C=O) groups is 2. The van der Waals surface area contributed by atoms with Crippen molar-refractivity contribution in [3.63, 3.8) is 0 Å².